The zero-order valence-corrected chi connectivity index (χ0v) is 11.2. The summed E-state index contributed by atoms with van der Waals surface area (Å²) in [6.07, 6.45) is -4.20. The molecule has 22 heavy (non-hydrogen) atoms. The summed E-state index contributed by atoms with van der Waals surface area (Å²) in [4.78, 5) is 3.37. The smallest absolute Gasteiger partial charge is 0.451 e. The molecular formula is C13H12F4N4O. The van der Waals surface area contributed by atoms with E-state index in [-0.39, 0.29) is 24.5 Å². The van der Waals surface area contributed by atoms with Crippen LogP contribution in [0.1, 0.15) is 5.82 Å². The third kappa shape index (κ3) is 3.82. The van der Waals surface area contributed by atoms with Crippen molar-refractivity contribution in [2.24, 2.45) is 5.73 Å². The molecule has 1 aromatic carbocycles. The molecule has 0 amide bonds. The molecule has 5 nitrogen and oxygen atoms in total. The lowest BCUT2D eigenvalue weighted by molar-refractivity contribution is -0.144. The highest BCUT2D eigenvalue weighted by molar-refractivity contribution is 5.55. The van der Waals surface area contributed by atoms with Gasteiger partial charge in [-0.05, 0) is 24.3 Å². The van der Waals surface area contributed by atoms with Gasteiger partial charge in [-0.15, -0.1) is 0 Å². The number of aromatic amines is 1. The molecule has 1 aromatic heterocycles. The monoisotopic (exact) mass is 316 g/mol. The topological polar surface area (TPSA) is 76.8 Å². The molecule has 0 aliphatic heterocycles. The lowest BCUT2D eigenvalue weighted by atomic mass is 10.2. The predicted octanol–water partition coefficient (Wildman–Crippen LogP) is 2.68. The van der Waals surface area contributed by atoms with Gasteiger partial charge in [0.1, 0.15) is 12.4 Å². The van der Waals surface area contributed by atoms with Crippen molar-refractivity contribution in [3.8, 4) is 17.1 Å². The Morgan fingerprint density at radius 3 is 2.45 bits per heavy atom. The maximum atomic E-state index is 12.4. The Labute approximate surface area is 122 Å². The summed E-state index contributed by atoms with van der Waals surface area (Å²) in [6, 6.07) is 6.04. The number of halogens is 4. The van der Waals surface area contributed by atoms with E-state index in [1.54, 1.807) is 0 Å². The van der Waals surface area contributed by atoms with E-state index in [2.05, 4.69) is 10.1 Å². The highest BCUT2D eigenvalue weighted by Crippen LogP contribution is 2.28. The first-order chi connectivity index (χ1) is 10.4. The molecule has 0 aliphatic carbocycles. The van der Waals surface area contributed by atoms with Gasteiger partial charge >= 0.3 is 6.18 Å². The van der Waals surface area contributed by atoms with Gasteiger partial charge in [0.05, 0.1) is 6.33 Å². The first kappa shape index (κ1) is 16.0. The zero-order chi connectivity index (χ0) is 16.2. The number of aromatic nitrogens is 3. The van der Waals surface area contributed by atoms with Crippen molar-refractivity contribution in [1.82, 2.24) is 15.2 Å². The molecule has 0 saturated heterocycles. The van der Waals surface area contributed by atoms with Crippen LogP contribution in [-0.4, -0.2) is 28.3 Å². The van der Waals surface area contributed by atoms with Crippen LogP contribution >= 0.6 is 0 Å². The van der Waals surface area contributed by atoms with Gasteiger partial charge in [0, 0.05) is 17.7 Å². The summed E-state index contributed by atoms with van der Waals surface area (Å²) in [7, 11) is 0. The maximum absolute atomic E-state index is 12.4. The van der Waals surface area contributed by atoms with E-state index < -0.39 is 12.0 Å². The zero-order valence-electron chi connectivity index (χ0n) is 11.2. The quantitative estimate of drug-likeness (QED) is 0.832. The molecule has 9 heteroatoms. The van der Waals surface area contributed by atoms with Crippen LogP contribution in [0.2, 0.25) is 0 Å². The fraction of sp³-hybridized carbons (Fsp3) is 0.231. The standard InChI is InChI=1S/C13H12F4N4O/c14-5-8(6-18)7-22-10-3-1-9(2-4-10)11-19-12(21-20-11)13(15,16)17/h1-5H,6-7,18H2,(H,19,20,21)/b8-5+. The molecule has 2 aromatic rings. The normalized spacial score (nSPS) is 12.5. The molecule has 0 aliphatic rings. The number of nitrogens with zero attached hydrogens (tertiary/aromatic N) is 2. The van der Waals surface area contributed by atoms with Crippen LogP contribution in [0, 0.1) is 0 Å². The van der Waals surface area contributed by atoms with Gasteiger partial charge in [-0.3, -0.25) is 5.10 Å². The molecule has 0 unspecified atom stereocenters. The second-order valence-corrected chi connectivity index (χ2v) is 4.29. The number of alkyl halides is 3. The van der Waals surface area contributed by atoms with Gasteiger partial charge < -0.3 is 10.5 Å². The van der Waals surface area contributed by atoms with Crippen LogP contribution in [0.15, 0.2) is 36.2 Å². The first-order valence-corrected chi connectivity index (χ1v) is 6.15. The summed E-state index contributed by atoms with van der Waals surface area (Å²) in [5, 5.41) is 5.34. The average Bonchev–Trinajstić information content (AvgIpc) is 2.99. The second-order valence-electron chi connectivity index (χ2n) is 4.29. The molecular weight excluding hydrogens is 304 g/mol. The summed E-state index contributed by atoms with van der Waals surface area (Å²) < 4.78 is 54.9. The Morgan fingerprint density at radius 1 is 1.27 bits per heavy atom. The highest BCUT2D eigenvalue weighted by atomic mass is 19.4. The number of ether oxygens (including phenoxy) is 1. The summed E-state index contributed by atoms with van der Waals surface area (Å²) in [5.41, 5.74) is 5.96. The molecule has 2 rings (SSSR count). The minimum absolute atomic E-state index is 0.00871. The third-order valence-electron chi connectivity index (χ3n) is 2.71. The van der Waals surface area contributed by atoms with Gasteiger partial charge in [-0.1, -0.05) is 0 Å². The number of H-pyrrole nitrogens is 1. The maximum Gasteiger partial charge on any atom is 0.451 e. The molecule has 1 heterocycles. The lowest BCUT2D eigenvalue weighted by Gasteiger charge is -2.07. The molecule has 118 valence electrons. The molecule has 3 N–H and O–H groups in total. The van der Waals surface area contributed by atoms with Crippen LogP contribution in [0.4, 0.5) is 17.6 Å². The highest BCUT2D eigenvalue weighted by Gasteiger charge is 2.35. The first-order valence-electron chi connectivity index (χ1n) is 6.15. The van der Waals surface area contributed by atoms with Crippen LogP contribution < -0.4 is 10.5 Å². The Morgan fingerprint density at radius 2 is 1.95 bits per heavy atom. The minimum atomic E-state index is -4.58. The van der Waals surface area contributed by atoms with E-state index in [1.165, 1.54) is 24.3 Å². The number of benzene rings is 1. The molecule has 0 bridgehead atoms. The van der Waals surface area contributed by atoms with Crippen LogP contribution in [-0.2, 0) is 6.18 Å². The molecule has 0 atom stereocenters. The van der Waals surface area contributed by atoms with Gasteiger partial charge in [-0.2, -0.15) is 18.3 Å². The average molecular weight is 316 g/mol. The SMILES string of the molecule is NC/C(=C\F)COc1ccc(-c2n[nH]c(C(F)(F)F)n2)cc1. The Bertz CT molecular complexity index is 649. The van der Waals surface area contributed by atoms with Gasteiger partial charge in [0.15, 0.2) is 5.82 Å². The molecule has 0 radical (unpaired) electrons. The second kappa shape index (κ2) is 6.56. The number of hydrogen-bond acceptors (Lipinski definition) is 4. The Kier molecular flexibility index (Phi) is 4.76. The van der Waals surface area contributed by atoms with Gasteiger partial charge in [-0.25, -0.2) is 9.37 Å². The van der Waals surface area contributed by atoms with Crippen LogP contribution in [0.3, 0.4) is 0 Å². The number of nitrogens with one attached hydrogen (secondary N) is 1. The fourth-order valence-corrected chi connectivity index (χ4v) is 1.53. The largest absolute Gasteiger partial charge is 0.489 e. The molecule has 0 fully saturated rings. The summed E-state index contributed by atoms with van der Waals surface area (Å²) >= 11 is 0. The van der Waals surface area contributed by atoms with Crippen molar-refractivity contribution in [1.29, 1.82) is 0 Å². The van der Waals surface area contributed by atoms with Crippen molar-refractivity contribution in [3.05, 3.63) is 42.0 Å². The van der Waals surface area contributed by atoms with Crippen LogP contribution in [0.5, 0.6) is 5.75 Å². The third-order valence-corrected chi connectivity index (χ3v) is 2.71. The van der Waals surface area contributed by atoms with E-state index in [1.807, 2.05) is 5.10 Å². The van der Waals surface area contributed by atoms with Crippen LogP contribution in [0.25, 0.3) is 11.4 Å². The Hall–Kier alpha value is -2.42. The number of nitrogens with two attached hydrogens (primary N) is 1. The van der Waals surface area contributed by atoms with E-state index in [0.717, 1.165) is 0 Å². The van der Waals surface area contributed by atoms with Crippen molar-refractivity contribution in [2.45, 2.75) is 6.18 Å². The summed E-state index contributed by atoms with van der Waals surface area (Å²) in [5.74, 6) is -0.822. The van der Waals surface area contributed by atoms with Crippen molar-refractivity contribution < 1.29 is 22.3 Å². The molecule has 0 spiro atoms. The minimum Gasteiger partial charge on any atom is -0.489 e. The predicted molar refractivity (Wildman–Crippen MR) is 70.6 cm³/mol. The van der Waals surface area contributed by atoms with E-state index >= 15 is 0 Å². The van der Waals surface area contributed by atoms with Gasteiger partial charge in [0.25, 0.3) is 0 Å². The van der Waals surface area contributed by atoms with Crippen molar-refractivity contribution in [3.63, 3.8) is 0 Å². The van der Waals surface area contributed by atoms with E-state index in [4.69, 9.17) is 10.5 Å². The van der Waals surface area contributed by atoms with Gasteiger partial charge in [0.2, 0.25) is 5.82 Å². The summed E-state index contributed by atoms with van der Waals surface area (Å²) in [6.45, 7) is 0.0250. The number of rotatable bonds is 5. The Balaban J connectivity index is 2.07. The van der Waals surface area contributed by atoms with Crippen molar-refractivity contribution >= 4 is 0 Å². The fourth-order valence-electron chi connectivity index (χ4n) is 1.53. The van der Waals surface area contributed by atoms with E-state index in [9.17, 15) is 17.6 Å². The van der Waals surface area contributed by atoms with E-state index in [0.29, 0.717) is 17.6 Å². The lowest BCUT2D eigenvalue weighted by Crippen LogP contribution is -2.10. The van der Waals surface area contributed by atoms with Crippen molar-refractivity contribution in [2.75, 3.05) is 13.2 Å². The molecule has 0 saturated carbocycles. The number of hydrogen-bond donors (Lipinski definition) is 2.